The van der Waals surface area contributed by atoms with Crippen molar-refractivity contribution < 1.29 is 22.7 Å². The summed E-state index contributed by atoms with van der Waals surface area (Å²) in [7, 11) is 0. The molecule has 0 aromatic heterocycles. The summed E-state index contributed by atoms with van der Waals surface area (Å²) in [5.74, 6) is 2.85. The van der Waals surface area contributed by atoms with Gasteiger partial charge in [0.2, 0.25) is 0 Å². The molecule has 0 bridgehead atoms. The molecule has 0 amide bonds. The Kier molecular flexibility index (Phi) is 8.87. The molecule has 0 aromatic carbocycles. The van der Waals surface area contributed by atoms with Crippen LogP contribution in [-0.4, -0.2) is 18.2 Å². The third-order valence-corrected chi connectivity index (χ3v) is 10.3. The Morgan fingerprint density at radius 3 is 2.45 bits per heavy atom. The molecule has 0 saturated heterocycles. The molecule has 0 radical (unpaired) electrons. The summed E-state index contributed by atoms with van der Waals surface area (Å²) in [4.78, 5) is 11.4. The molecule has 9 atom stereocenters. The van der Waals surface area contributed by atoms with Gasteiger partial charge in [0, 0.05) is 0 Å². The monoisotopic (exact) mass is 472 g/mol. The zero-order valence-corrected chi connectivity index (χ0v) is 21.6. The summed E-state index contributed by atoms with van der Waals surface area (Å²) in [5.41, 5.74) is 0.167. The van der Waals surface area contributed by atoms with E-state index in [-0.39, 0.29) is 5.41 Å². The first-order valence-corrected chi connectivity index (χ1v) is 13.7. The minimum absolute atomic E-state index is 0.167. The second-order valence-corrected chi connectivity index (χ2v) is 12.3. The van der Waals surface area contributed by atoms with Crippen molar-refractivity contribution in [1.29, 1.82) is 0 Å². The number of carbonyl (C=O) groups excluding carboxylic acids is 1. The van der Waals surface area contributed by atoms with Crippen LogP contribution in [0.15, 0.2) is 0 Å². The number of esters is 1. The van der Waals surface area contributed by atoms with Crippen molar-refractivity contribution >= 4 is 5.97 Å². The molecule has 3 rings (SSSR count). The third kappa shape index (κ3) is 6.28. The predicted molar refractivity (Wildman–Crippen MR) is 127 cm³/mol. The average Bonchev–Trinajstić information content (AvgIpc) is 2.83. The zero-order chi connectivity index (χ0) is 24.4. The van der Waals surface area contributed by atoms with Gasteiger partial charge in [0.05, 0.1) is 0 Å². The van der Waals surface area contributed by atoms with E-state index in [0.29, 0.717) is 30.6 Å². The molecule has 2 nitrogen and oxygen atoms in total. The highest BCUT2D eigenvalue weighted by Crippen LogP contribution is 2.59. The first-order valence-electron chi connectivity index (χ1n) is 13.7. The van der Waals surface area contributed by atoms with Crippen LogP contribution in [0, 0.1) is 46.8 Å². The van der Waals surface area contributed by atoms with Gasteiger partial charge in [0.15, 0.2) is 0 Å². The van der Waals surface area contributed by atoms with Crippen LogP contribution < -0.4 is 0 Å². The van der Waals surface area contributed by atoms with Crippen molar-refractivity contribution in [2.75, 3.05) is 0 Å². The summed E-state index contributed by atoms with van der Waals surface area (Å²) in [6.07, 6.45) is 7.93. The number of alkyl halides is 3. The molecular formula is C28H47F3O2. The number of rotatable bonds is 5. The van der Waals surface area contributed by atoms with Gasteiger partial charge in [-0.3, -0.25) is 0 Å². The van der Waals surface area contributed by atoms with E-state index in [0.717, 1.165) is 36.5 Å². The lowest BCUT2D eigenvalue weighted by Crippen LogP contribution is -2.50. The first-order chi connectivity index (χ1) is 15.5. The molecule has 3 aliphatic carbocycles. The molecule has 0 heterocycles. The SMILES string of the molecule is CCC(C)CC(C)C1CCCC2C(CCC3CC(OC(=O)C(F)(F)F)CCC32C)C(C)CC1. The number of hydrogen-bond acceptors (Lipinski definition) is 2. The average molecular weight is 473 g/mol. The normalized spacial score (nSPS) is 39.8. The second-order valence-electron chi connectivity index (χ2n) is 12.3. The highest BCUT2D eigenvalue weighted by molar-refractivity contribution is 5.75. The lowest BCUT2D eigenvalue weighted by atomic mass is 9.50. The molecular weight excluding hydrogens is 425 g/mol. The summed E-state index contributed by atoms with van der Waals surface area (Å²) in [5, 5.41) is 0. The van der Waals surface area contributed by atoms with Gasteiger partial charge in [-0.25, -0.2) is 4.79 Å². The summed E-state index contributed by atoms with van der Waals surface area (Å²) >= 11 is 0. The van der Waals surface area contributed by atoms with Gasteiger partial charge in [-0.2, -0.15) is 13.2 Å². The fourth-order valence-corrected chi connectivity index (χ4v) is 7.95. The van der Waals surface area contributed by atoms with Crippen LogP contribution in [-0.2, 0) is 9.53 Å². The fraction of sp³-hybridized carbons (Fsp3) is 0.964. The minimum Gasteiger partial charge on any atom is -0.456 e. The Morgan fingerprint density at radius 2 is 1.79 bits per heavy atom. The summed E-state index contributed by atoms with van der Waals surface area (Å²) < 4.78 is 43.0. The van der Waals surface area contributed by atoms with E-state index in [1.54, 1.807) is 0 Å². The zero-order valence-electron chi connectivity index (χ0n) is 21.6. The Morgan fingerprint density at radius 1 is 1.06 bits per heavy atom. The molecule has 0 N–H and O–H groups in total. The van der Waals surface area contributed by atoms with Crippen LogP contribution >= 0.6 is 0 Å². The molecule has 3 aliphatic rings. The number of carbonyl (C=O) groups is 1. The fourth-order valence-electron chi connectivity index (χ4n) is 7.95. The standard InChI is InChI=1S/C28H47F3O2/c1-6-18(2)16-20(4)21-8-7-9-25-24(19(3)10-11-21)13-12-22-17-23(14-15-27(22,25)5)33-26(32)28(29,30)31/h18-25H,6-17H2,1-5H3. The predicted octanol–water partition coefficient (Wildman–Crippen LogP) is 8.58. The molecule has 0 aromatic rings. The minimum atomic E-state index is -4.89. The Hall–Kier alpha value is -0.740. The van der Waals surface area contributed by atoms with Crippen molar-refractivity contribution in [3.63, 3.8) is 0 Å². The van der Waals surface area contributed by atoms with Gasteiger partial charge in [-0.15, -0.1) is 0 Å². The molecule has 33 heavy (non-hydrogen) atoms. The van der Waals surface area contributed by atoms with Crippen molar-refractivity contribution in [2.45, 2.75) is 124 Å². The highest BCUT2D eigenvalue weighted by Gasteiger charge is 2.53. The van der Waals surface area contributed by atoms with Gasteiger partial charge < -0.3 is 4.74 Å². The topological polar surface area (TPSA) is 26.3 Å². The molecule has 5 heteroatoms. The van der Waals surface area contributed by atoms with E-state index in [4.69, 9.17) is 4.74 Å². The maximum atomic E-state index is 12.7. The maximum absolute atomic E-state index is 12.7. The molecule has 3 saturated carbocycles. The van der Waals surface area contributed by atoms with Crippen LogP contribution in [0.25, 0.3) is 0 Å². The third-order valence-electron chi connectivity index (χ3n) is 10.3. The van der Waals surface area contributed by atoms with Gasteiger partial charge in [-0.05, 0) is 98.2 Å². The molecule has 9 unspecified atom stereocenters. The van der Waals surface area contributed by atoms with Crippen molar-refractivity contribution in [2.24, 2.45) is 46.8 Å². The van der Waals surface area contributed by atoms with Gasteiger partial charge in [0.25, 0.3) is 0 Å². The number of hydrogen-bond donors (Lipinski definition) is 0. The van der Waals surface area contributed by atoms with Crippen molar-refractivity contribution in [3.8, 4) is 0 Å². The molecule has 0 aliphatic heterocycles. The van der Waals surface area contributed by atoms with E-state index in [1.807, 2.05) is 0 Å². The van der Waals surface area contributed by atoms with Gasteiger partial charge >= 0.3 is 12.1 Å². The van der Waals surface area contributed by atoms with Crippen molar-refractivity contribution in [1.82, 2.24) is 0 Å². The van der Waals surface area contributed by atoms with E-state index < -0.39 is 18.2 Å². The van der Waals surface area contributed by atoms with Crippen molar-refractivity contribution in [3.05, 3.63) is 0 Å². The second kappa shape index (κ2) is 10.9. The van der Waals surface area contributed by atoms with Crippen LogP contribution in [0.4, 0.5) is 13.2 Å². The Bertz CT molecular complexity index is 648. The van der Waals surface area contributed by atoms with Crippen LogP contribution in [0.2, 0.25) is 0 Å². The number of ether oxygens (including phenoxy) is 1. The van der Waals surface area contributed by atoms with E-state index in [2.05, 4.69) is 34.6 Å². The summed E-state index contributed by atoms with van der Waals surface area (Å²) in [6.45, 7) is 12.0. The maximum Gasteiger partial charge on any atom is 0.490 e. The molecule has 0 spiro atoms. The lowest BCUT2D eigenvalue weighted by Gasteiger charge is -2.56. The highest BCUT2D eigenvalue weighted by atomic mass is 19.4. The smallest absolute Gasteiger partial charge is 0.456 e. The van der Waals surface area contributed by atoms with E-state index >= 15 is 0 Å². The number of halogens is 3. The quantitative estimate of drug-likeness (QED) is 0.375. The number of fused-ring (bicyclic) bond motifs is 3. The molecule has 3 fully saturated rings. The lowest BCUT2D eigenvalue weighted by molar-refractivity contribution is -0.209. The van der Waals surface area contributed by atoms with Crippen LogP contribution in [0.3, 0.4) is 0 Å². The van der Waals surface area contributed by atoms with Crippen LogP contribution in [0.1, 0.15) is 112 Å². The summed E-state index contributed by atoms with van der Waals surface area (Å²) in [6, 6.07) is 0. The Balaban J connectivity index is 1.67. The Labute approximate surface area is 199 Å². The largest absolute Gasteiger partial charge is 0.490 e. The van der Waals surface area contributed by atoms with E-state index in [1.165, 1.54) is 51.4 Å². The van der Waals surface area contributed by atoms with Gasteiger partial charge in [0.1, 0.15) is 6.10 Å². The van der Waals surface area contributed by atoms with Gasteiger partial charge in [-0.1, -0.05) is 60.3 Å². The van der Waals surface area contributed by atoms with E-state index in [9.17, 15) is 18.0 Å². The first kappa shape index (κ1) is 26.9. The van der Waals surface area contributed by atoms with Crippen LogP contribution in [0.5, 0.6) is 0 Å². The molecule has 192 valence electrons.